The van der Waals surface area contributed by atoms with Crippen LogP contribution in [0.3, 0.4) is 0 Å². The number of alkyl halides is 3. The predicted molar refractivity (Wildman–Crippen MR) is 104 cm³/mol. The second-order valence-corrected chi connectivity index (χ2v) is 7.15. The number of nitrogens with one attached hydrogen (secondary N) is 2. The topological polar surface area (TPSA) is 66.6 Å². The molecule has 150 valence electrons. The summed E-state index contributed by atoms with van der Waals surface area (Å²) in [4.78, 5) is 12.4. The number of pyridine rings is 1. The van der Waals surface area contributed by atoms with Crippen molar-refractivity contribution in [3.8, 4) is 0 Å². The van der Waals surface area contributed by atoms with Crippen LogP contribution in [-0.2, 0) is 19.0 Å². The Morgan fingerprint density at radius 3 is 2.61 bits per heavy atom. The summed E-state index contributed by atoms with van der Waals surface area (Å²) in [5, 5.41) is 7.75. The molecule has 2 N–H and O–H groups in total. The average Bonchev–Trinajstić information content (AvgIpc) is 3.27. The Balaban J connectivity index is 1.44. The van der Waals surface area contributed by atoms with Gasteiger partial charge in [0.15, 0.2) is 11.7 Å². The highest BCUT2D eigenvalue weighted by Crippen LogP contribution is 2.29. The molecule has 0 saturated carbocycles. The van der Waals surface area contributed by atoms with Crippen molar-refractivity contribution in [2.75, 3.05) is 20.1 Å². The van der Waals surface area contributed by atoms with Crippen LogP contribution in [0.2, 0.25) is 0 Å². The fourth-order valence-electron chi connectivity index (χ4n) is 2.70. The number of imidazole rings is 1. The van der Waals surface area contributed by atoms with Gasteiger partial charge in [-0.25, -0.2) is 9.97 Å². The number of thiazole rings is 1. The van der Waals surface area contributed by atoms with Crippen LogP contribution in [-0.4, -0.2) is 40.5 Å². The molecule has 0 aliphatic carbocycles. The van der Waals surface area contributed by atoms with Crippen LogP contribution < -0.4 is 10.6 Å². The SMILES string of the molecule is CN=C(NCCc1cn2cccc(C)c2n1)NCCc1nc(C(F)(F)F)cs1. The summed E-state index contributed by atoms with van der Waals surface area (Å²) in [6, 6.07) is 4.01. The van der Waals surface area contributed by atoms with Crippen molar-refractivity contribution in [2.24, 2.45) is 4.99 Å². The molecule has 6 nitrogen and oxygen atoms in total. The molecule has 0 amide bonds. The van der Waals surface area contributed by atoms with Gasteiger partial charge in [0.05, 0.1) is 10.7 Å². The summed E-state index contributed by atoms with van der Waals surface area (Å²) >= 11 is 1.01. The lowest BCUT2D eigenvalue weighted by Gasteiger charge is -2.10. The van der Waals surface area contributed by atoms with Crippen LogP contribution >= 0.6 is 11.3 Å². The van der Waals surface area contributed by atoms with E-state index in [2.05, 4.69) is 25.6 Å². The van der Waals surface area contributed by atoms with Crippen molar-refractivity contribution in [1.29, 1.82) is 0 Å². The number of guanidine groups is 1. The Morgan fingerprint density at radius 2 is 1.96 bits per heavy atom. The lowest BCUT2D eigenvalue weighted by Crippen LogP contribution is -2.39. The van der Waals surface area contributed by atoms with Crippen LogP contribution in [0.1, 0.15) is 22.0 Å². The highest BCUT2D eigenvalue weighted by Gasteiger charge is 2.33. The number of aliphatic imine (C=N–C) groups is 1. The first-order valence-electron chi connectivity index (χ1n) is 8.76. The minimum atomic E-state index is -4.39. The molecule has 0 aliphatic rings. The Hall–Kier alpha value is -2.62. The fourth-order valence-corrected chi connectivity index (χ4v) is 3.50. The molecule has 28 heavy (non-hydrogen) atoms. The van der Waals surface area contributed by atoms with E-state index in [4.69, 9.17) is 0 Å². The molecule has 0 aromatic carbocycles. The molecule has 0 spiro atoms. The number of halogens is 3. The minimum absolute atomic E-state index is 0.396. The maximum absolute atomic E-state index is 12.6. The molecule has 0 radical (unpaired) electrons. The third-order valence-electron chi connectivity index (χ3n) is 4.10. The molecule has 3 heterocycles. The van der Waals surface area contributed by atoms with E-state index < -0.39 is 11.9 Å². The number of aryl methyl sites for hydroxylation is 1. The zero-order valence-corrected chi connectivity index (χ0v) is 16.4. The number of rotatable bonds is 6. The van der Waals surface area contributed by atoms with Gasteiger partial charge in [0.2, 0.25) is 0 Å². The summed E-state index contributed by atoms with van der Waals surface area (Å²) in [5.74, 6) is 0.590. The quantitative estimate of drug-likeness (QED) is 0.484. The maximum atomic E-state index is 12.6. The molecule has 3 rings (SSSR count). The number of hydrogen-bond acceptors (Lipinski definition) is 4. The van der Waals surface area contributed by atoms with Gasteiger partial charge in [-0.2, -0.15) is 13.2 Å². The summed E-state index contributed by atoms with van der Waals surface area (Å²) < 4.78 is 39.7. The molecular formula is C18H21F3N6S. The van der Waals surface area contributed by atoms with Crippen molar-refractivity contribution in [2.45, 2.75) is 25.9 Å². The third-order valence-corrected chi connectivity index (χ3v) is 5.01. The highest BCUT2D eigenvalue weighted by molar-refractivity contribution is 7.09. The van der Waals surface area contributed by atoms with E-state index >= 15 is 0 Å². The van der Waals surface area contributed by atoms with Crippen molar-refractivity contribution >= 4 is 22.9 Å². The van der Waals surface area contributed by atoms with Gasteiger partial charge in [-0.05, 0) is 18.6 Å². The van der Waals surface area contributed by atoms with Gasteiger partial charge in [0, 0.05) is 50.8 Å². The number of hydrogen-bond donors (Lipinski definition) is 2. The zero-order valence-electron chi connectivity index (χ0n) is 15.5. The van der Waals surface area contributed by atoms with Crippen LogP contribution in [0.4, 0.5) is 13.2 Å². The van der Waals surface area contributed by atoms with E-state index in [1.165, 1.54) is 0 Å². The van der Waals surface area contributed by atoms with E-state index in [9.17, 15) is 13.2 Å². The Labute approximate surface area is 164 Å². The molecule has 0 aliphatic heterocycles. The fraction of sp³-hybridized carbons (Fsp3) is 0.389. The molecule has 0 atom stereocenters. The van der Waals surface area contributed by atoms with Gasteiger partial charge in [-0.15, -0.1) is 11.3 Å². The van der Waals surface area contributed by atoms with Crippen molar-refractivity contribution < 1.29 is 13.2 Å². The summed E-state index contributed by atoms with van der Waals surface area (Å²) in [6.45, 7) is 3.10. The first-order chi connectivity index (χ1) is 13.4. The van der Waals surface area contributed by atoms with E-state index in [1.54, 1.807) is 7.05 Å². The highest BCUT2D eigenvalue weighted by atomic mass is 32.1. The first kappa shape index (κ1) is 20.1. The first-order valence-corrected chi connectivity index (χ1v) is 9.64. The molecule has 10 heteroatoms. The van der Waals surface area contributed by atoms with Gasteiger partial charge < -0.3 is 15.0 Å². The summed E-state index contributed by atoms with van der Waals surface area (Å²) in [5.41, 5.74) is 2.20. The van der Waals surface area contributed by atoms with Crippen LogP contribution in [0.15, 0.2) is 34.9 Å². The monoisotopic (exact) mass is 410 g/mol. The van der Waals surface area contributed by atoms with Gasteiger partial charge in [0.25, 0.3) is 0 Å². The smallest absolute Gasteiger partial charge is 0.356 e. The van der Waals surface area contributed by atoms with Gasteiger partial charge in [-0.3, -0.25) is 4.99 Å². The second-order valence-electron chi connectivity index (χ2n) is 6.20. The predicted octanol–water partition coefficient (Wildman–Crippen LogP) is 3.07. The van der Waals surface area contributed by atoms with Crippen molar-refractivity contribution in [1.82, 2.24) is 25.0 Å². The standard InChI is InChI=1S/C18H21F3N6S/c1-12-4-3-9-27-10-13(25-16(12)27)5-7-23-17(22-2)24-8-6-15-26-14(11-28-15)18(19,20)21/h3-4,9-11H,5-8H2,1-2H3,(H2,22,23,24). The molecule has 3 aromatic heterocycles. The Kier molecular flexibility index (Phi) is 6.18. The van der Waals surface area contributed by atoms with Crippen molar-refractivity contribution in [3.05, 3.63) is 51.9 Å². The van der Waals surface area contributed by atoms with Crippen molar-refractivity contribution in [3.63, 3.8) is 0 Å². The molecule has 0 unspecified atom stereocenters. The van der Waals surface area contributed by atoms with Crippen LogP contribution in [0.5, 0.6) is 0 Å². The number of aromatic nitrogens is 3. The third kappa shape index (κ3) is 5.00. The lowest BCUT2D eigenvalue weighted by atomic mass is 10.3. The molecule has 0 fully saturated rings. The zero-order chi connectivity index (χ0) is 20.1. The Bertz CT molecular complexity index is 960. The minimum Gasteiger partial charge on any atom is -0.356 e. The molecule has 0 bridgehead atoms. The van der Waals surface area contributed by atoms with Gasteiger partial charge in [0.1, 0.15) is 5.65 Å². The van der Waals surface area contributed by atoms with Gasteiger partial charge >= 0.3 is 6.18 Å². The second kappa shape index (κ2) is 8.59. The van der Waals surface area contributed by atoms with E-state index in [0.29, 0.717) is 30.5 Å². The molecular weight excluding hydrogens is 389 g/mol. The normalized spacial score (nSPS) is 12.5. The largest absolute Gasteiger partial charge is 0.434 e. The maximum Gasteiger partial charge on any atom is 0.434 e. The van der Waals surface area contributed by atoms with Crippen LogP contribution in [0.25, 0.3) is 5.65 Å². The summed E-state index contributed by atoms with van der Waals surface area (Å²) in [6.07, 6.45) is 0.698. The average molecular weight is 410 g/mol. The lowest BCUT2D eigenvalue weighted by molar-refractivity contribution is -0.140. The molecule has 3 aromatic rings. The van der Waals surface area contributed by atoms with Crippen LogP contribution in [0, 0.1) is 6.92 Å². The van der Waals surface area contributed by atoms with E-state index in [-0.39, 0.29) is 0 Å². The number of nitrogens with zero attached hydrogens (tertiary/aromatic N) is 4. The Morgan fingerprint density at radius 1 is 1.21 bits per heavy atom. The van der Waals surface area contributed by atoms with E-state index in [0.717, 1.165) is 40.0 Å². The van der Waals surface area contributed by atoms with E-state index in [1.807, 2.05) is 35.9 Å². The summed E-state index contributed by atoms with van der Waals surface area (Å²) in [7, 11) is 1.65. The molecule has 0 saturated heterocycles. The van der Waals surface area contributed by atoms with Gasteiger partial charge in [-0.1, -0.05) is 6.07 Å². The number of fused-ring (bicyclic) bond motifs is 1.